The number of alkyl halides is 3. The summed E-state index contributed by atoms with van der Waals surface area (Å²) in [5.41, 5.74) is 4.03. The van der Waals surface area contributed by atoms with Crippen molar-refractivity contribution in [3.8, 4) is 5.69 Å². The van der Waals surface area contributed by atoms with Crippen LogP contribution in [0.15, 0.2) is 30.5 Å². The Kier molecular flexibility index (Phi) is 3.51. The van der Waals surface area contributed by atoms with Crippen molar-refractivity contribution < 1.29 is 13.2 Å². The molecule has 0 spiro atoms. The molecule has 0 aliphatic heterocycles. The van der Waals surface area contributed by atoms with Crippen molar-refractivity contribution in [2.45, 2.75) is 6.18 Å². The number of benzene rings is 1. The van der Waals surface area contributed by atoms with Crippen LogP contribution in [0.5, 0.6) is 0 Å². The summed E-state index contributed by atoms with van der Waals surface area (Å²) in [7, 11) is 0. The first-order valence-corrected chi connectivity index (χ1v) is 5.81. The molecule has 0 atom stereocenters. The lowest BCUT2D eigenvalue weighted by molar-refractivity contribution is -0.142. The molecule has 1 aromatic heterocycles. The third-order valence-corrected chi connectivity index (χ3v) is 2.92. The summed E-state index contributed by atoms with van der Waals surface area (Å²) in [6.45, 7) is 0. The molecule has 0 bridgehead atoms. The fourth-order valence-electron chi connectivity index (χ4n) is 1.61. The van der Waals surface area contributed by atoms with Crippen LogP contribution in [0, 0.1) is 0 Å². The van der Waals surface area contributed by atoms with E-state index in [-0.39, 0.29) is 21.3 Å². The highest BCUT2D eigenvalue weighted by Crippen LogP contribution is 2.34. The average Bonchev–Trinajstić information content (AvgIpc) is 2.73. The minimum Gasteiger partial charge on any atom is -0.389 e. The Labute approximate surface area is 116 Å². The number of aromatic nitrogens is 2. The molecule has 19 heavy (non-hydrogen) atoms. The predicted molar refractivity (Wildman–Crippen MR) is 69.5 cm³/mol. The number of para-hydroxylation sites is 1. The molecule has 100 valence electrons. The second kappa shape index (κ2) is 4.82. The van der Waals surface area contributed by atoms with E-state index in [0.29, 0.717) is 4.68 Å². The quantitative estimate of drug-likeness (QED) is 0.867. The normalized spacial score (nSPS) is 11.6. The molecular formula is C11H7ClF3N3S. The van der Waals surface area contributed by atoms with Gasteiger partial charge in [0.2, 0.25) is 0 Å². The van der Waals surface area contributed by atoms with Crippen molar-refractivity contribution in [2.75, 3.05) is 0 Å². The fourth-order valence-corrected chi connectivity index (χ4v) is 1.97. The van der Waals surface area contributed by atoms with Crippen LogP contribution in [-0.4, -0.2) is 14.8 Å². The smallest absolute Gasteiger partial charge is 0.389 e. The first kappa shape index (κ1) is 13.8. The number of rotatable bonds is 2. The van der Waals surface area contributed by atoms with Crippen LogP contribution >= 0.6 is 23.8 Å². The van der Waals surface area contributed by atoms with Gasteiger partial charge in [-0.15, -0.1) is 0 Å². The predicted octanol–water partition coefficient (Wildman–Crippen LogP) is 3.18. The molecule has 0 aliphatic carbocycles. The molecule has 0 radical (unpaired) electrons. The third-order valence-electron chi connectivity index (χ3n) is 2.38. The van der Waals surface area contributed by atoms with Crippen molar-refractivity contribution >= 4 is 28.8 Å². The molecule has 0 saturated heterocycles. The van der Waals surface area contributed by atoms with E-state index in [4.69, 9.17) is 17.3 Å². The molecular weight excluding hydrogens is 299 g/mol. The van der Waals surface area contributed by atoms with Gasteiger partial charge < -0.3 is 5.73 Å². The minimum absolute atomic E-state index is 0.110. The van der Waals surface area contributed by atoms with E-state index in [9.17, 15) is 13.2 Å². The van der Waals surface area contributed by atoms with Crippen LogP contribution in [0.2, 0.25) is 5.02 Å². The second-order valence-electron chi connectivity index (χ2n) is 3.63. The van der Waals surface area contributed by atoms with Gasteiger partial charge >= 0.3 is 6.18 Å². The lowest BCUT2D eigenvalue weighted by atomic mass is 10.2. The summed E-state index contributed by atoms with van der Waals surface area (Å²) < 4.78 is 40.0. The maximum Gasteiger partial charge on any atom is 0.434 e. The van der Waals surface area contributed by atoms with Gasteiger partial charge in [-0.2, -0.15) is 18.3 Å². The monoisotopic (exact) mass is 305 g/mol. The summed E-state index contributed by atoms with van der Waals surface area (Å²) >= 11 is 10.5. The zero-order valence-corrected chi connectivity index (χ0v) is 10.9. The highest BCUT2D eigenvalue weighted by atomic mass is 35.5. The standard InChI is InChI=1S/C11H7ClF3N3S/c12-7-3-1-2-4-8(7)18-9(11(13,14)15)6(5-17-18)10(16)19/h1-5H,(H2,16,19). The number of nitrogens with two attached hydrogens (primary N) is 1. The highest BCUT2D eigenvalue weighted by Gasteiger charge is 2.39. The zero-order valence-electron chi connectivity index (χ0n) is 9.28. The van der Waals surface area contributed by atoms with E-state index in [2.05, 4.69) is 17.3 Å². The number of nitrogens with zero attached hydrogens (tertiary/aromatic N) is 2. The molecule has 1 aromatic carbocycles. The third kappa shape index (κ3) is 2.57. The first-order valence-electron chi connectivity index (χ1n) is 5.02. The summed E-state index contributed by atoms with van der Waals surface area (Å²) in [5.74, 6) is 0. The Morgan fingerprint density at radius 3 is 2.47 bits per heavy atom. The van der Waals surface area contributed by atoms with E-state index < -0.39 is 11.9 Å². The molecule has 0 saturated carbocycles. The van der Waals surface area contributed by atoms with Crippen molar-refractivity contribution in [1.82, 2.24) is 9.78 Å². The van der Waals surface area contributed by atoms with E-state index in [1.807, 2.05) is 0 Å². The summed E-state index contributed by atoms with van der Waals surface area (Å²) in [5, 5.41) is 3.82. The van der Waals surface area contributed by atoms with Crippen LogP contribution < -0.4 is 5.73 Å². The van der Waals surface area contributed by atoms with Crippen molar-refractivity contribution in [3.05, 3.63) is 46.7 Å². The van der Waals surface area contributed by atoms with Gasteiger partial charge in [0.15, 0.2) is 5.69 Å². The topological polar surface area (TPSA) is 43.8 Å². The van der Waals surface area contributed by atoms with Crippen molar-refractivity contribution in [2.24, 2.45) is 5.73 Å². The Morgan fingerprint density at radius 1 is 1.32 bits per heavy atom. The second-order valence-corrected chi connectivity index (χ2v) is 4.48. The van der Waals surface area contributed by atoms with Gasteiger partial charge in [-0.25, -0.2) is 4.68 Å². The molecule has 0 unspecified atom stereocenters. The molecule has 2 aromatic rings. The van der Waals surface area contributed by atoms with Crippen LogP contribution in [0.3, 0.4) is 0 Å². The summed E-state index contributed by atoms with van der Waals surface area (Å²) in [6, 6.07) is 6.06. The maximum absolute atomic E-state index is 13.1. The van der Waals surface area contributed by atoms with Gasteiger partial charge in [0.05, 0.1) is 22.5 Å². The average molecular weight is 306 g/mol. The van der Waals surface area contributed by atoms with Crippen LogP contribution in [0.1, 0.15) is 11.3 Å². The summed E-state index contributed by atoms with van der Waals surface area (Å²) in [4.78, 5) is -0.370. The van der Waals surface area contributed by atoms with Crippen LogP contribution in [0.4, 0.5) is 13.2 Å². The van der Waals surface area contributed by atoms with Gasteiger partial charge in [-0.1, -0.05) is 36.0 Å². The van der Waals surface area contributed by atoms with Gasteiger partial charge in [-0.05, 0) is 12.1 Å². The van der Waals surface area contributed by atoms with Crippen LogP contribution in [-0.2, 0) is 6.18 Å². The van der Waals surface area contributed by atoms with E-state index in [1.54, 1.807) is 12.1 Å². The van der Waals surface area contributed by atoms with Crippen molar-refractivity contribution in [1.29, 1.82) is 0 Å². The molecule has 3 nitrogen and oxygen atoms in total. The number of hydrogen-bond acceptors (Lipinski definition) is 2. The van der Waals surface area contributed by atoms with Crippen LogP contribution in [0.25, 0.3) is 5.69 Å². The minimum atomic E-state index is -4.64. The molecule has 2 N–H and O–H groups in total. The van der Waals surface area contributed by atoms with Crippen molar-refractivity contribution in [3.63, 3.8) is 0 Å². The van der Waals surface area contributed by atoms with Gasteiger partial charge in [0, 0.05) is 0 Å². The maximum atomic E-state index is 13.1. The van der Waals surface area contributed by atoms with E-state index in [0.717, 1.165) is 6.20 Å². The molecule has 0 fully saturated rings. The first-order chi connectivity index (χ1) is 8.82. The molecule has 0 amide bonds. The van der Waals surface area contributed by atoms with Gasteiger partial charge in [-0.3, -0.25) is 0 Å². The number of hydrogen-bond donors (Lipinski definition) is 1. The zero-order chi connectivity index (χ0) is 14.2. The van der Waals surface area contributed by atoms with E-state index in [1.165, 1.54) is 12.1 Å². The fraction of sp³-hybridized carbons (Fsp3) is 0.0909. The van der Waals surface area contributed by atoms with E-state index >= 15 is 0 Å². The molecule has 8 heteroatoms. The number of halogens is 4. The summed E-state index contributed by atoms with van der Waals surface area (Å²) in [6.07, 6.45) is -3.66. The van der Waals surface area contributed by atoms with Gasteiger partial charge in [0.25, 0.3) is 0 Å². The Hall–Kier alpha value is -1.60. The molecule has 2 rings (SSSR count). The number of thiocarbonyl (C=S) groups is 1. The highest BCUT2D eigenvalue weighted by molar-refractivity contribution is 7.80. The molecule has 1 heterocycles. The molecule has 0 aliphatic rings. The Bertz CT molecular complexity index is 636. The SMILES string of the molecule is NC(=S)c1cnn(-c2ccccc2Cl)c1C(F)(F)F. The lowest BCUT2D eigenvalue weighted by Gasteiger charge is -2.13. The Morgan fingerprint density at radius 2 is 1.95 bits per heavy atom. The van der Waals surface area contributed by atoms with Gasteiger partial charge in [0.1, 0.15) is 4.99 Å². The Balaban J connectivity index is 2.73. The lowest BCUT2D eigenvalue weighted by Crippen LogP contribution is -2.20. The largest absolute Gasteiger partial charge is 0.434 e.